The molecule has 17 heavy (non-hydrogen) atoms. The first-order chi connectivity index (χ1) is 7.97. The van der Waals surface area contributed by atoms with Crippen LogP contribution in [-0.4, -0.2) is 16.1 Å². The van der Waals surface area contributed by atoms with Crippen molar-refractivity contribution in [2.75, 3.05) is 0 Å². The third-order valence-corrected chi connectivity index (χ3v) is 2.76. The molecule has 0 bridgehead atoms. The summed E-state index contributed by atoms with van der Waals surface area (Å²) in [7, 11) is 0. The summed E-state index contributed by atoms with van der Waals surface area (Å²) in [4.78, 5) is 25.2. The number of carbonyl (C=O) groups is 1. The van der Waals surface area contributed by atoms with Gasteiger partial charge in [0.25, 0.3) is 0 Å². The number of aromatic nitrogens is 1. The average Bonchev–Trinajstić information content (AvgIpc) is 2.13. The van der Waals surface area contributed by atoms with Gasteiger partial charge >= 0.3 is 5.97 Å². The lowest BCUT2D eigenvalue weighted by Gasteiger charge is -2.04. The van der Waals surface area contributed by atoms with Gasteiger partial charge in [-0.25, -0.2) is 0 Å². The number of nitrogens with one attached hydrogen (secondary N) is 1. The Morgan fingerprint density at radius 2 is 2.00 bits per heavy atom. The molecule has 0 saturated heterocycles. The molecule has 2 N–H and O–H groups in total. The molecule has 1 aromatic heterocycles. The van der Waals surface area contributed by atoms with E-state index in [0.29, 0.717) is 21.6 Å². The van der Waals surface area contributed by atoms with Crippen LogP contribution in [0.25, 0.3) is 10.9 Å². The molecule has 1 heterocycles. The van der Waals surface area contributed by atoms with E-state index in [2.05, 4.69) is 4.98 Å². The van der Waals surface area contributed by atoms with Crippen LogP contribution in [0.15, 0.2) is 23.0 Å². The van der Waals surface area contributed by atoms with Gasteiger partial charge < -0.3 is 10.1 Å². The third-order valence-electron chi connectivity index (χ3n) is 2.24. The van der Waals surface area contributed by atoms with Gasteiger partial charge in [0, 0.05) is 16.8 Å². The Morgan fingerprint density at radius 1 is 1.29 bits per heavy atom. The van der Waals surface area contributed by atoms with Gasteiger partial charge in [0.15, 0.2) is 5.43 Å². The van der Waals surface area contributed by atoms with Crippen molar-refractivity contribution in [1.29, 1.82) is 0 Å². The first-order valence-corrected chi connectivity index (χ1v) is 5.45. The molecule has 1 aromatic carbocycles. The fourth-order valence-corrected chi connectivity index (χ4v) is 2.21. The summed E-state index contributed by atoms with van der Waals surface area (Å²) < 4.78 is 0. The Hall–Kier alpha value is -1.52. The minimum Gasteiger partial charge on any atom is -0.481 e. The molecule has 6 heteroatoms. The highest BCUT2D eigenvalue weighted by Gasteiger charge is 2.09. The highest BCUT2D eigenvalue weighted by Crippen LogP contribution is 2.24. The maximum Gasteiger partial charge on any atom is 0.309 e. The SMILES string of the molecule is O=C(O)Cc1cc(=O)c2c(Cl)cc(Cl)cc2[nH]1. The Bertz CT molecular complexity index is 664. The first-order valence-electron chi connectivity index (χ1n) is 4.70. The number of benzene rings is 1. The van der Waals surface area contributed by atoms with Gasteiger partial charge in [-0.15, -0.1) is 0 Å². The Labute approximate surface area is 106 Å². The minimum atomic E-state index is -1.02. The topological polar surface area (TPSA) is 70.2 Å². The number of hydrogen-bond acceptors (Lipinski definition) is 2. The van der Waals surface area contributed by atoms with Crippen LogP contribution in [-0.2, 0) is 11.2 Å². The zero-order valence-corrected chi connectivity index (χ0v) is 9.97. The number of halogens is 2. The third kappa shape index (κ3) is 2.43. The van der Waals surface area contributed by atoms with Gasteiger partial charge in [0.1, 0.15) is 0 Å². The standard InChI is InChI=1S/C11H7Cl2NO3/c12-5-1-7(13)11-8(2-5)14-6(3-9(11)15)4-10(16)17/h1-3H,4H2,(H,14,15)(H,16,17). The van der Waals surface area contributed by atoms with Crippen LogP contribution in [0.3, 0.4) is 0 Å². The molecule has 88 valence electrons. The number of aromatic amines is 1. The van der Waals surface area contributed by atoms with Gasteiger partial charge in [-0.3, -0.25) is 9.59 Å². The van der Waals surface area contributed by atoms with Crippen molar-refractivity contribution in [3.63, 3.8) is 0 Å². The first kappa shape index (κ1) is 12.0. The zero-order chi connectivity index (χ0) is 12.6. The van der Waals surface area contributed by atoms with Crippen molar-refractivity contribution >= 4 is 40.1 Å². The van der Waals surface area contributed by atoms with E-state index in [-0.39, 0.29) is 16.9 Å². The van der Waals surface area contributed by atoms with Crippen molar-refractivity contribution in [2.45, 2.75) is 6.42 Å². The van der Waals surface area contributed by atoms with Crippen LogP contribution in [0, 0.1) is 0 Å². The number of rotatable bonds is 2. The van der Waals surface area contributed by atoms with Crippen molar-refractivity contribution in [1.82, 2.24) is 4.98 Å². The molecule has 0 atom stereocenters. The second-order valence-electron chi connectivity index (χ2n) is 3.54. The van der Waals surface area contributed by atoms with Gasteiger partial charge in [0.2, 0.25) is 0 Å². The second kappa shape index (κ2) is 4.39. The lowest BCUT2D eigenvalue weighted by Crippen LogP contribution is -2.09. The molecule has 0 fully saturated rings. The second-order valence-corrected chi connectivity index (χ2v) is 4.38. The monoisotopic (exact) mass is 271 g/mol. The number of fused-ring (bicyclic) bond motifs is 1. The van der Waals surface area contributed by atoms with Gasteiger partial charge in [-0.05, 0) is 12.1 Å². The molecule has 0 unspecified atom stereocenters. The number of pyridine rings is 1. The van der Waals surface area contributed by atoms with E-state index in [9.17, 15) is 9.59 Å². The molecule has 2 rings (SSSR count). The van der Waals surface area contributed by atoms with Crippen molar-refractivity contribution in [3.8, 4) is 0 Å². The highest BCUT2D eigenvalue weighted by molar-refractivity contribution is 6.38. The number of hydrogen-bond donors (Lipinski definition) is 2. The van der Waals surface area contributed by atoms with E-state index in [1.807, 2.05) is 0 Å². The summed E-state index contributed by atoms with van der Waals surface area (Å²) in [6.45, 7) is 0. The summed E-state index contributed by atoms with van der Waals surface area (Å²) in [5, 5.41) is 9.60. The lowest BCUT2D eigenvalue weighted by molar-refractivity contribution is -0.136. The predicted octanol–water partition coefficient (Wildman–Crippen LogP) is 2.46. The van der Waals surface area contributed by atoms with Crippen molar-refractivity contribution in [2.24, 2.45) is 0 Å². The maximum absolute atomic E-state index is 11.8. The summed E-state index contributed by atoms with van der Waals surface area (Å²) in [6.07, 6.45) is -0.255. The minimum absolute atomic E-state index is 0.246. The van der Waals surface area contributed by atoms with Crippen LogP contribution in [0.1, 0.15) is 5.69 Å². The fraction of sp³-hybridized carbons (Fsp3) is 0.0909. The lowest BCUT2D eigenvalue weighted by atomic mass is 10.1. The van der Waals surface area contributed by atoms with Gasteiger partial charge in [0.05, 0.1) is 22.3 Å². The molecule has 4 nitrogen and oxygen atoms in total. The molecule has 0 spiro atoms. The smallest absolute Gasteiger partial charge is 0.309 e. The van der Waals surface area contributed by atoms with Crippen molar-refractivity contribution < 1.29 is 9.90 Å². The van der Waals surface area contributed by atoms with Crippen LogP contribution < -0.4 is 5.43 Å². The largest absolute Gasteiger partial charge is 0.481 e. The summed E-state index contributed by atoms with van der Waals surface area (Å²) in [6, 6.07) is 4.24. The van der Waals surface area contributed by atoms with Crippen LogP contribution >= 0.6 is 23.2 Å². The molecule has 2 aromatic rings. The molecular formula is C11H7Cl2NO3. The molecular weight excluding hydrogens is 265 g/mol. The quantitative estimate of drug-likeness (QED) is 0.882. The molecule has 0 saturated carbocycles. The van der Waals surface area contributed by atoms with E-state index in [4.69, 9.17) is 28.3 Å². The van der Waals surface area contributed by atoms with Crippen LogP contribution in [0.5, 0.6) is 0 Å². The predicted molar refractivity (Wildman–Crippen MR) is 65.9 cm³/mol. The Morgan fingerprint density at radius 3 is 2.65 bits per heavy atom. The number of carboxylic acid groups (broad SMARTS) is 1. The van der Waals surface area contributed by atoms with E-state index in [1.54, 1.807) is 0 Å². The van der Waals surface area contributed by atoms with Gasteiger partial charge in [-0.2, -0.15) is 0 Å². The summed E-state index contributed by atoms with van der Waals surface area (Å²) in [5.74, 6) is -1.02. The average molecular weight is 272 g/mol. The zero-order valence-electron chi connectivity index (χ0n) is 8.46. The maximum atomic E-state index is 11.8. The molecule has 0 amide bonds. The molecule has 0 aliphatic rings. The molecule has 0 aliphatic heterocycles. The Balaban J connectivity index is 2.73. The van der Waals surface area contributed by atoms with E-state index in [0.717, 1.165) is 0 Å². The number of aliphatic carboxylic acids is 1. The van der Waals surface area contributed by atoms with Gasteiger partial charge in [-0.1, -0.05) is 23.2 Å². The fourth-order valence-electron chi connectivity index (χ4n) is 1.62. The van der Waals surface area contributed by atoms with Crippen molar-refractivity contribution in [3.05, 3.63) is 44.2 Å². The van der Waals surface area contributed by atoms with E-state index < -0.39 is 5.97 Å². The highest BCUT2D eigenvalue weighted by atomic mass is 35.5. The Kier molecular flexibility index (Phi) is 3.09. The molecule has 0 radical (unpaired) electrons. The normalized spacial score (nSPS) is 10.7. The number of H-pyrrole nitrogens is 1. The summed E-state index contributed by atoms with van der Waals surface area (Å²) >= 11 is 11.7. The van der Waals surface area contributed by atoms with Crippen LogP contribution in [0.2, 0.25) is 10.0 Å². The van der Waals surface area contributed by atoms with E-state index in [1.165, 1.54) is 18.2 Å². The molecule has 0 aliphatic carbocycles. The number of carboxylic acids is 1. The van der Waals surface area contributed by atoms with Crippen LogP contribution in [0.4, 0.5) is 0 Å². The van der Waals surface area contributed by atoms with E-state index >= 15 is 0 Å². The summed E-state index contributed by atoms with van der Waals surface area (Å²) in [5.41, 5.74) is 0.427.